The Bertz CT molecular complexity index is 1180. The largest absolute Gasteiger partial charge is 0.493 e. The Hall–Kier alpha value is -3.45. The Morgan fingerprint density at radius 1 is 1.09 bits per heavy atom. The number of amides is 1. The van der Waals surface area contributed by atoms with Crippen molar-refractivity contribution in [2.75, 3.05) is 7.11 Å². The van der Waals surface area contributed by atoms with Crippen LogP contribution in [0.25, 0.3) is 10.2 Å². The first kappa shape index (κ1) is 22.7. The van der Waals surface area contributed by atoms with Crippen LogP contribution in [0.3, 0.4) is 0 Å². The minimum absolute atomic E-state index is 0.0283. The number of ether oxygens (including phenoxy) is 2. The highest BCUT2D eigenvalue weighted by molar-refractivity contribution is 7.18. The molecule has 1 unspecified atom stereocenters. The van der Waals surface area contributed by atoms with Gasteiger partial charge in [0.1, 0.15) is 6.61 Å². The summed E-state index contributed by atoms with van der Waals surface area (Å²) < 4.78 is 12.6. The van der Waals surface area contributed by atoms with Gasteiger partial charge < -0.3 is 14.8 Å². The molecule has 33 heavy (non-hydrogen) atoms. The molecular weight excluding hydrogens is 434 g/mol. The molecule has 0 aliphatic rings. The third-order valence-electron chi connectivity index (χ3n) is 5.34. The van der Waals surface area contributed by atoms with Crippen LogP contribution in [0.1, 0.15) is 41.9 Å². The number of nitrogens with one attached hydrogen (secondary N) is 1. The maximum absolute atomic E-state index is 12.5. The van der Waals surface area contributed by atoms with Crippen molar-refractivity contribution in [3.63, 3.8) is 0 Å². The van der Waals surface area contributed by atoms with Gasteiger partial charge >= 0.3 is 0 Å². The lowest BCUT2D eigenvalue weighted by atomic mass is 10.1. The SMILES string of the molecule is COc1cc(C(C)NC(=O)CCCc2nc3ccccc3s2)ccc1OCc1ccncc1. The number of rotatable bonds is 10. The number of aromatic nitrogens is 2. The first-order valence-electron chi connectivity index (χ1n) is 11.0. The third-order valence-corrected chi connectivity index (χ3v) is 6.44. The van der Waals surface area contributed by atoms with Gasteiger partial charge in [0.05, 0.1) is 28.4 Å². The van der Waals surface area contributed by atoms with Crippen LogP contribution < -0.4 is 14.8 Å². The summed E-state index contributed by atoms with van der Waals surface area (Å²) in [6.45, 7) is 2.40. The Labute approximate surface area is 197 Å². The quantitative estimate of drug-likeness (QED) is 0.339. The van der Waals surface area contributed by atoms with Crippen LogP contribution in [0.15, 0.2) is 67.0 Å². The molecule has 2 heterocycles. The Kier molecular flexibility index (Phi) is 7.52. The van der Waals surface area contributed by atoms with Crippen molar-refractivity contribution in [1.82, 2.24) is 15.3 Å². The van der Waals surface area contributed by atoms with E-state index in [1.165, 1.54) is 4.70 Å². The van der Waals surface area contributed by atoms with Gasteiger partial charge in [-0.2, -0.15) is 0 Å². The zero-order valence-electron chi connectivity index (χ0n) is 18.8. The van der Waals surface area contributed by atoms with E-state index >= 15 is 0 Å². The zero-order chi connectivity index (χ0) is 23.0. The molecule has 6 nitrogen and oxygen atoms in total. The van der Waals surface area contributed by atoms with E-state index in [1.807, 2.05) is 55.5 Å². The number of fused-ring (bicyclic) bond motifs is 1. The number of nitrogens with zero attached hydrogens (tertiary/aromatic N) is 2. The molecule has 4 aromatic rings. The summed E-state index contributed by atoms with van der Waals surface area (Å²) >= 11 is 1.70. The fraction of sp³-hybridized carbons (Fsp3) is 0.269. The molecule has 1 amide bonds. The summed E-state index contributed by atoms with van der Waals surface area (Å²) in [6.07, 6.45) is 5.51. The molecule has 0 radical (unpaired) electrons. The van der Waals surface area contributed by atoms with Crippen molar-refractivity contribution < 1.29 is 14.3 Å². The number of hydrogen-bond acceptors (Lipinski definition) is 6. The third kappa shape index (κ3) is 6.08. The summed E-state index contributed by atoms with van der Waals surface area (Å²) in [5.74, 6) is 1.33. The molecule has 0 aliphatic heterocycles. The van der Waals surface area contributed by atoms with Crippen LogP contribution in [0.4, 0.5) is 0 Å². The van der Waals surface area contributed by atoms with Crippen LogP contribution >= 0.6 is 11.3 Å². The van der Waals surface area contributed by atoms with Gasteiger partial charge in [0.15, 0.2) is 11.5 Å². The molecule has 0 saturated carbocycles. The highest BCUT2D eigenvalue weighted by Crippen LogP contribution is 2.31. The predicted molar refractivity (Wildman–Crippen MR) is 131 cm³/mol. The second kappa shape index (κ2) is 10.9. The molecule has 1 atom stereocenters. The smallest absolute Gasteiger partial charge is 0.220 e. The van der Waals surface area contributed by atoms with E-state index < -0.39 is 0 Å². The van der Waals surface area contributed by atoms with Crippen LogP contribution in [-0.2, 0) is 17.8 Å². The van der Waals surface area contributed by atoms with Gasteiger partial charge in [-0.1, -0.05) is 18.2 Å². The van der Waals surface area contributed by atoms with E-state index in [4.69, 9.17) is 9.47 Å². The van der Waals surface area contributed by atoms with Gasteiger partial charge in [0.25, 0.3) is 0 Å². The molecule has 0 bridgehead atoms. The number of benzene rings is 2. The number of carbonyl (C=O) groups excluding carboxylic acids is 1. The van der Waals surface area contributed by atoms with Crippen molar-refractivity contribution in [3.8, 4) is 11.5 Å². The molecule has 0 aliphatic carbocycles. The molecule has 7 heteroatoms. The van der Waals surface area contributed by atoms with Crippen LogP contribution in [0.2, 0.25) is 0 Å². The van der Waals surface area contributed by atoms with Crippen molar-refractivity contribution >= 4 is 27.5 Å². The normalized spacial score (nSPS) is 11.8. The van der Waals surface area contributed by atoms with E-state index in [0.717, 1.165) is 34.5 Å². The summed E-state index contributed by atoms with van der Waals surface area (Å²) in [5.41, 5.74) is 3.02. The van der Waals surface area contributed by atoms with Gasteiger partial charge in [0, 0.05) is 18.8 Å². The van der Waals surface area contributed by atoms with Gasteiger partial charge in [0.2, 0.25) is 5.91 Å². The lowest BCUT2D eigenvalue weighted by molar-refractivity contribution is -0.121. The first-order valence-corrected chi connectivity index (χ1v) is 11.8. The molecule has 1 N–H and O–H groups in total. The van der Waals surface area contributed by atoms with Gasteiger partial charge in [-0.15, -0.1) is 11.3 Å². The summed E-state index contributed by atoms with van der Waals surface area (Å²) in [7, 11) is 1.61. The molecule has 170 valence electrons. The monoisotopic (exact) mass is 461 g/mol. The molecule has 0 spiro atoms. The number of para-hydroxylation sites is 1. The van der Waals surface area contributed by atoms with Gasteiger partial charge in [-0.25, -0.2) is 4.98 Å². The Morgan fingerprint density at radius 2 is 1.91 bits per heavy atom. The minimum Gasteiger partial charge on any atom is -0.493 e. The van der Waals surface area contributed by atoms with E-state index in [9.17, 15) is 4.79 Å². The van der Waals surface area contributed by atoms with Gasteiger partial charge in [-0.3, -0.25) is 9.78 Å². The van der Waals surface area contributed by atoms with Crippen LogP contribution in [0, 0.1) is 0 Å². The van der Waals surface area contributed by atoms with E-state index in [-0.39, 0.29) is 11.9 Å². The van der Waals surface area contributed by atoms with E-state index in [1.54, 1.807) is 30.8 Å². The van der Waals surface area contributed by atoms with Gasteiger partial charge in [-0.05, 0) is 67.3 Å². The van der Waals surface area contributed by atoms with E-state index in [0.29, 0.717) is 24.5 Å². The maximum Gasteiger partial charge on any atom is 0.220 e. The highest BCUT2D eigenvalue weighted by atomic mass is 32.1. The van der Waals surface area contributed by atoms with Crippen LogP contribution in [0.5, 0.6) is 11.5 Å². The molecule has 2 aromatic carbocycles. The summed E-state index contributed by atoms with van der Waals surface area (Å²) in [6, 6.07) is 17.5. The van der Waals surface area contributed by atoms with Crippen LogP contribution in [-0.4, -0.2) is 23.0 Å². The molecule has 4 rings (SSSR count). The topological polar surface area (TPSA) is 73.3 Å². The second-order valence-corrected chi connectivity index (χ2v) is 8.89. The Balaban J connectivity index is 1.28. The number of methoxy groups -OCH3 is 1. The minimum atomic E-state index is -0.136. The summed E-state index contributed by atoms with van der Waals surface area (Å²) in [4.78, 5) is 21.1. The average molecular weight is 462 g/mol. The fourth-order valence-corrected chi connectivity index (χ4v) is 4.55. The molecule has 0 fully saturated rings. The Morgan fingerprint density at radius 3 is 2.70 bits per heavy atom. The van der Waals surface area contributed by atoms with E-state index in [2.05, 4.69) is 21.4 Å². The predicted octanol–water partition coefficient (Wildman–Crippen LogP) is 5.48. The van der Waals surface area contributed by atoms with Crippen molar-refractivity contribution in [1.29, 1.82) is 0 Å². The molecule has 0 saturated heterocycles. The summed E-state index contributed by atoms with van der Waals surface area (Å²) in [5, 5.41) is 4.15. The van der Waals surface area contributed by atoms with Crippen molar-refractivity contribution in [3.05, 3.63) is 83.1 Å². The zero-order valence-corrected chi connectivity index (χ0v) is 19.6. The standard InChI is InChI=1S/C26H27N3O3S/c1-18(28-25(30)8-5-9-26-29-21-6-3-4-7-24(21)33-26)20-10-11-22(23(16-20)31-2)32-17-19-12-14-27-15-13-19/h3-4,6-7,10-16,18H,5,8-9,17H2,1-2H3,(H,28,30). The average Bonchev–Trinajstić information content (AvgIpc) is 3.26. The first-order chi connectivity index (χ1) is 16.1. The maximum atomic E-state index is 12.5. The number of thiazole rings is 1. The molecule has 2 aromatic heterocycles. The number of hydrogen-bond donors (Lipinski definition) is 1. The van der Waals surface area contributed by atoms with Crippen molar-refractivity contribution in [2.24, 2.45) is 0 Å². The number of pyridine rings is 1. The second-order valence-electron chi connectivity index (χ2n) is 7.77. The number of aryl methyl sites for hydroxylation is 1. The lowest BCUT2D eigenvalue weighted by Crippen LogP contribution is -2.26. The number of carbonyl (C=O) groups is 1. The van der Waals surface area contributed by atoms with Crippen molar-refractivity contribution in [2.45, 2.75) is 38.8 Å². The lowest BCUT2D eigenvalue weighted by Gasteiger charge is -2.17. The fourth-order valence-electron chi connectivity index (χ4n) is 3.54. The highest BCUT2D eigenvalue weighted by Gasteiger charge is 2.14. The molecular formula is C26H27N3O3S.